The first-order valence-corrected chi connectivity index (χ1v) is 5.56. The Morgan fingerprint density at radius 1 is 1.43 bits per heavy atom. The topological polar surface area (TPSA) is 77.8 Å². The van der Waals surface area contributed by atoms with Crippen molar-refractivity contribution in [2.45, 2.75) is 6.42 Å². The van der Waals surface area contributed by atoms with E-state index in [1.54, 1.807) is 6.07 Å². The summed E-state index contributed by atoms with van der Waals surface area (Å²) in [7, 11) is -4.42. The Bertz CT molecular complexity index is 394. The molecule has 0 aromatic heterocycles. The zero-order chi connectivity index (χ0) is 10.8. The molecule has 0 bridgehead atoms. The summed E-state index contributed by atoms with van der Waals surface area (Å²) in [6.07, 6.45) is 1.84. The van der Waals surface area contributed by atoms with Crippen molar-refractivity contribution in [3.05, 3.63) is 36.4 Å². The number of phenolic OH excluding ortho intramolecular Hbond substituents is 1. The van der Waals surface area contributed by atoms with Gasteiger partial charge in [-0.05, 0) is 18.1 Å². The van der Waals surface area contributed by atoms with Gasteiger partial charge in [0.1, 0.15) is 11.1 Å². The van der Waals surface area contributed by atoms with Crippen molar-refractivity contribution in [1.82, 2.24) is 0 Å². The molecule has 0 aliphatic heterocycles. The van der Waals surface area contributed by atoms with E-state index in [1.807, 2.05) is 0 Å². The first-order chi connectivity index (χ1) is 6.46. The molecule has 1 rings (SSSR count). The molecule has 0 aliphatic rings. The lowest BCUT2D eigenvalue weighted by Gasteiger charge is -2.10. The number of rotatable bonds is 3. The van der Waals surface area contributed by atoms with Gasteiger partial charge >= 0.3 is 7.60 Å². The number of benzene rings is 1. The zero-order valence-electron chi connectivity index (χ0n) is 7.42. The van der Waals surface area contributed by atoms with E-state index in [4.69, 9.17) is 9.79 Å². The Kier molecular flexibility index (Phi) is 3.11. The van der Waals surface area contributed by atoms with Gasteiger partial charge in [-0.15, -0.1) is 6.58 Å². The molecule has 76 valence electrons. The maximum Gasteiger partial charge on any atom is 0.360 e. The van der Waals surface area contributed by atoms with E-state index < -0.39 is 7.60 Å². The van der Waals surface area contributed by atoms with E-state index >= 15 is 0 Å². The molecule has 0 amide bonds. The van der Waals surface area contributed by atoms with Gasteiger partial charge in [0.25, 0.3) is 0 Å². The van der Waals surface area contributed by atoms with E-state index in [-0.39, 0.29) is 11.1 Å². The lowest BCUT2D eigenvalue weighted by Crippen LogP contribution is -2.10. The minimum Gasteiger partial charge on any atom is -0.507 e. The second-order valence-electron chi connectivity index (χ2n) is 2.82. The van der Waals surface area contributed by atoms with Crippen molar-refractivity contribution in [1.29, 1.82) is 0 Å². The Hall–Kier alpha value is -1.09. The third-order valence-corrected chi connectivity index (χ3v) is 2.85. The first-order valence-electron chi connectivity index (χ1n) is 3.94. The van der Waals surface area contributed by atoms with Crippen molar-refractivity contribution in [3.8, 4) is 5.75 Å². The third-order valence-electron chi connectivity index (χ3n) is 1.75. The fourth-order valence-electron chi connectivity index (χ4n) is 1.23. The van der Waals surface area contributed by atoms with E-state index in [2.05, 4.69) is 6.58 Å². The molecule has 3 N–H and O–H groups in total. The molecule has 0 atom stereocenters. The van der Waals surface area contributed by atoms with Crippen LogP contribution in [-0.4, -0.2) is 14.9 Å². The van der Waals surface area contributed by atoms with Crippen LogP contribution in [0, 0.1) is 0 Å². The second kappa shape index (κ2) is 3.96. The summed E-state index contributed by atoms with van der Waals surface area (Å²) in [5.74, 6) is -0.377. The monoisotopic (exact) mass is 214 g/mol. The van der Waals surface area contributed by atoms with Crippen molar-refractivity contribution in [2.24, 2.45) is 0 Å². The van der Waals surface area contributed by atoms with Gasteiger partial charge in [0.05, 0.1) is 0 Å². The molecule has 0 fully saturated rings. The van der Waals surface area contributed by atoms with Crippen LogP contribution < -0.4 is 5.30 Å². The van der Waals surface area contributed by atoms with Gasteiger partial charge in [-0.1, -0.05) is 18.2 Å². The van der Waals surface area contributed by atoms with Crippen LogP contribution in [0.2, 0.25) is 0 Å². The smallest absolute Gasteiger partial charge is 0.360 e. The lowest BCUT2D eigenvalue weighted by molar-refractivity contribution is 0.384. The highest BCUT2D eigenvalue weighted by molar-refractivity contribution is 7.60. The third kappa shape index (κ3) is 2.23. The molecule has 1 aromatic carbocycles. The summed E-state index contributed by atoms with van der Waals surface area (Å²) >= 11 is 0. The minimum atomic E-state index is -4.42. The van der Waals surface area contributed by atoms with Gasteiger partial charge in [0.2, 0.25) is 0 Å². The summed E-state index contributed by atoms with van der Waals surface area (Å²) in [5, 5.41) is 9.02. The predicted octanol–water partition coefficient (Wildman–Crippen LogP) is 0.924. The predicted molar refractivity (Wildman–Crippen MR) is 53.7 cm³/mol. The zero-order valence-corrected chi connectivity index (χ0v) is 8.32. The molecule has 0 heterocycles. The Balaban J connectivity index is 3.37. The highest BCUT2D eigenvalue weighted by Gasteiger charge is 2.24. The van der Waals surface area contributed by atoms with Crippen molar-refractivity contribution in [2.75, 3.05) is 0 Å². The molecule has 5 heteroatoms. The summed E-state index contributed by atoms with van der Waals surface area (Å²) in [6, 6.07) is 4.34. The molecule has 14 heavy (non-hydrogen) atoms. The van der Waals surface area contributed by atoms with Crippen LogP contribution in [0.15, 0.2) is 30.9 Å². The maximum absolute atomic E-state index is 11.0. The second-order valence-corrected chi connectivity index (χ2v) is 4.36. The number of hydrogen-bond acceptors (Lipinski definition) is 2. The van der Waals surface area contributed by atoms with Crippen LogP contribution in [0.25, 0.3) is 0 Å². The van der Waals surface area contributed by atoms with Crippen LogP contribution >= 0.6 is 7.60 Å². The Morgan fingerprint density at radius 2 is 2.07 bits per heavy atom. The average molecular weight is 214 g/mol. The van der Waals surface area contributed by atoms with Gasteiger partial charge in [-0.3, -0.25) is 4.57 Å². The summed E-state index contributed by atoms with van der Waals surface area (Å²) in [5.41, 5.74) is 0.397. The van der Waals surface area contributed by atoms with Crippen LogP contribution in [-0.2, 0) is 11.0 Å². The van der Waals surface area contributed by atoms with E-state index in [0.717, 1.165) is 0 Å². The molecular weight excluding hydrogens is 203 g/mol. The van der Waals surface area contributed by atoms with Gasteiger partial charge in [-0.25, -0.2) is 0 Å². The highest BCUT2D eigenvalue weighted by Crippen LogP contribution is 2.38. The highest BCUT2D eigenvalue weighted by atomic mass is 31.2. The Labute approximate surface area is 81.7 Å². The normalized spacial score (nSPS) is 11.3. The SMILES string of the molecule is C=CCc1cccc(O)c1P(=O)(O)O. The lowest BCUT2D eigenvalue weighted by atomic mass is 10.1. The number of hydrogen-bond donors (Lipinski definition) is 3. The summed E-state index contributed by atoms with van der Waals surface area (Å²) < 4.78 is 11.0. The molecule has 1 aromatic rings. The molecule has 4 nitrogen and oxygen atoms in total. The van der Waals surface area contributed by atoms with Crippen molar-refractivity contribution < 1.29 is 19.5 Å². The Morgan fingerprint density at radius 3 is 2.57 bits per heavy atom. The van der Waals surface area contributed by atoms with Gasteiger partial charge in [-0.2, -0.15) is 0 Å². The van der Waals surface area contributed by atoms with E-state index in [9.17, 15) is 9.67 Å². The van der Waals surface area contributed by atoms with Crippen LogP contribution in [0.5, 0.6) is 5.75 Å². The fraction of sp³-hybridized carbons (Fsp3) is 0.111. The van der Waals surface area contributed by atoms with E-state index in [0.29, 0.717) is 12.0 Å². The number of allylic oxidation sites excluding steroid dienone is 1. The van der Waals surface area contributed by atoms with Crippen LogP contribution in [0.3, 0.4) is 0 Å². The molecule has 0 aliphatic carbocycles. The molecule has 0 saturated carbocycles. The van der Waals surface area contributed by atoms with Crippen LogP contribution in [0.4, 0.5) is 0 Å². The van der Waals surface area contributed by atoms with Gasteiger partial charge < -0.3 is 14.9 Å². The molecule has 0 unspecified atom stereocenters. The van der Waals surface area contributed by atoms with Gasteiger partial charge in [0.15, 0.2) is 0 Å². The van der Waals surface area contributed by atoms with Gasteiger partial charge in [0, 0.05) is 0 Å². The largest absolute Gasteiger partial charge is 0.507 e. The van der Waals surface area contributed by atoms with E-state index in [1.165, 1.54) is 18.2 Å². The first kappa shape index (κ1) is 11.0. The molecule has 0 radical (unpaired) electrons. The van der Waals surface area contributed by atoms with Crippen LogP contribution in [0.1, 0.15) is 5.56 Å². The number of phenols is 1. The molecular formula is C9H11O4P. The maximum atomic E-state index is 11.0. The minimum absolute atomic E-state index is 0.306. The molecule has 0 saturated heterocycles. The molecule has 0 spiro atoms. The quantitative estimate of drug-likeness (QED) is 0.516. The summed E-state index contributed by atoms with van der Waals surface area (Å²) in [4.78, 5) is 18.0. The summed E-state index contributed by atoms with van der Waals surface area (Å²) in [6.45, 7) is 3.47. The standard InChI is InChI=1S/C9H11O4P/c1-2-4-7-5-3-6-8(10)9(7)14(11,12)13/h2-3,5-6,10H,1,4H2,(H2,11,12,13). The average Bonchev–Trinajstić information content (AvgIpc) is 2.02. The van der Waals surface area contributed by atoms with Crippen molar-refractivity contribution >= 4 is 12.9 Å². The number of aromatic hydroxyl groups is 1. The fourth-order valence-corrected chi connectivity index (χ4v) is 2.15. The van der Waals surface area contributed by atoms with Crippen molar-refractivity contribution in [3.63, 3.8) is 0 Å².